The first kappa shape index (κ1) is 9.19. The zero-order valence-electron chi connectivity index (χ0n) is 8.29. The third-order valence-electron chi connectivity index (χ3n) is 1.99. The average molecular weight is 194 g/mol. The molecule has 3 nitrogen and oxygen atoms in total. The van der Waals surface area contributed by atoms with E-state index in [1.54, 1.807) is 0 Å². The lowest BCUT2D eigenvalue weighted by molar-refractivity contribution is 0.162. The molecule has 2 rings (SSSR count). The molecule has 0 bridgehead atoms. The summed E-state index contributed by atoms with van der Waals surface area (Å²) in [5.41, 5.74) is 0. The van der Waals surface area contributed by atoms with Crippen LogP contribution in [0.4, 0.5) is 0 Å². The Morgan fingerprint density at radius 3 is 3.00 bits per heavy atom. The normalized spacial score (nSPS) is 13.8. The Balaban J connectivity index is 2.21. The summed E-state index contributed by atoms with van der Waals surface area (Å²) in [6.45, 7) is 4.00. The van der Waals surface area contributed by atoms with Gasteiger partial charge in [-0.25, -0.2) is 0 Å². The van der Waals surface area contributed by atoms with Gasteiger partial charge in [-0.1, -0.05) is 13.0 Å². The van der Waals surface area contributed by atoms with Crippen molar-refractivity contribution in [2.75, 3.05) is 19.8 Å². The summed E-state index contributed by atoms with van der Waals surface area (Å²) in [6, 6.07) is 5.72. The number of rotatable bonds is 3. The van der Waals surface area contributed by atoms with Gasteiger partial charge in [0.15, 0.2) is 11.5 Å². The van der Waals surface area contributed by atoms with Gasteiger partial charge in [0.2, 0.25) is 5.75 Å². The average Bonchev–Trinajstić information content (AvgIpc) is 2.26. The zero-order valence-corrected chi connectivity index (χ0v) is 8.29. The highest BCUT2D eigenvalue weighted by Gasteiger charge is 2.15. The molecule has 3 heteroatoms. The Bertz CT molecular complexity index is 309. The first-order valence-electron chi connectivity index (χ1n) is 4.93. The second kappa shape index (κ2) is 4.22. The summed E-state index contributed by atoms with van der Waals surface area (Å²) in [5, 5.41) is 0. The Hall–Kier alpha value is -1.38. The van der Waals surface area contributed by atoms with Crippen LogP contribution in [0.1, 0.15) is 13.3 Å². The minimum absolute atomic E-state index is 0.597. The lowest BCUT2D eigenvalue weighted by atomic mass is 10.3. The molecular weight excluding hydrogens is 180 g/mol. The zero-order chi connectivity index (χ0) is 9.80. The molecule has 0 amide bonds. The van der Waals surface area contributed by atoms with Crippen LogP contribution in [0.5, 0.6) is 17.2 Å². The van der Waals surface area contributed by atoms with Gasteiger partial charge in [-0.15, -0.1) is 0 Å². The smallest absolute Gasteiger partial charge is 0.203 e. The van der Waals surface area contributed by atoms with Crippen molar-refractivity contribution in [3.63, 3.8) is 0 Å². The molecule has 1 heterocycles. The maximum absolute atomic E-state index is 5.55. The fraction of sp³-hybridized carbons (Fsp3) is 0.455. The molecule has 14 heavy (non-hydrogen) atoms. The van der Waals surface area contributed by atoms with E-state index in [-0.39, 0.29) is 0 Å². The van der Waals surface area contributed by atoms with Crippen LogP contribution >= 0.6 is 0 Å². The molecule has 0 aliphatic carbocycles. The van der Waals surface area contributed by atoms with Gasteiger partial charge in [0.25, 0.3) is 0 Å². The largest absolute Gasteiger partial charge is 0.490 e. The lowest BCUT2D eigenvalue weighted by Gasteiger charge is -2.20. The Morgan fingerprint density at radius 2 is 2.14 bits per heavy atom. The van der Waals surface area contributed by atoms with E-state index < -0.39 is 0 Å². The highest BCUT2D eigenvalue weighted by molar-refractivity contribution is 5.51. The molecule has 0 unspecified atom stereocenters. The van der Waals surface area contributed by atoms with Crippen molar-refractivity contribution in [1.82, 2.24) is 0 Å². The Kier molecular flexibility index (Phi) is 2.77. The molecule has 0 radical (unpaired) electrons. The van der Waals surface area contributed by atoms with E-state index in [2.05, 4.69) is 6.92 Å². The SMILES string of the molecule is CCCOc1cccc2c1OCCO2. The molecular formula is C11H14O3. The fourth-order valence-electron chi connectivity index (χ4n) is 1.37. The van der Waals surface area contributed by atoms with Crippen molar-refractivity contribution in [2.45, 2.75) is 13.3 Å². The van der Waals surface area contributed by atoms with Gasteiger partial charge in [-0.3, -0.25) is 0 Å². The summed E-state index contributed by atoms with van der Waals surface area (Å²) in [4.78, 5) is 0. The van der Waals surface area contributed by atoms with Crippen molar-refractivity contribution in [3.05, 3.63) is 18.2 Å². The van der Waals surface area contributed by atoms with Crippen molar-refractivity contribution in [2.24, 2.45) is 0 Å². The number of fused-ring (bicyclic) bond motifs is 1. The quantitative estimate of drug-likeness (QED) is 0.738. The van der Waals surface area contributed by atoms with E-state index in [9.17, 15) is 0 Å². The van der Waals surface area contributed by atoms with Crippen molar-refractivity contribution >= 4 is 0 Å². The number of benzene rings is 1. The van der Waals surface area contributed by atoms with Crippen molar-refractivity contribution in [1.29, 1.82) is 0 Å². The monoisotopic (exact) mass is 194 g/mol. The molecule has 1 aliphatic heterocycles. The minimum Gasteiger partial charge on any atom is -0.490 e. The number of hydrogen-bond acceptors (Lipinski definition) is 3. The predicted octanol–water partition coefficient (Wildman–Crippen LogP) is 2.25. The molecule has 76 valence electrons. The highest BCUT2D eigenvalue weighted by atomic mass is 16.6. The van der Waals surface area contributed by atoms with Crippen molar-refractivity contribution < 1.29 is 14.2 Å². The number of ether oxygens (including phenoxy) is 3. The molecule has 0 N–H and O–H groups in total. The summed E-state index contributed by atoms with van der Waals surface area (Å²) in [5.74, 6) is 2.31. The van der Waals surface area contributed by atoms with Gasteiger partial charge in [-0.05, 0) is 18.6 Å². The molecule has 0 spiro atoms. The molecule has 0 fully saturated rings. The molecule has 0 atom stereocenters. The van der Waals surface area contributed by atoms with Gasteiger partial charge in [0.05, 0.1) is 6.61 Å². The van der Waals surface area contributed by atoms with E-state index in [0.29, 0.717) is 19.8 Å². The predicted molar refractivity (Wildman–Crippen MR) is 53.2 cm³/mol. The molecule has 1 aromatic rings. The van der Waals surface area contributed by atoms with Gasteiger partial charge in [0.1, 0.15) is 13.2 Å². The Labute approximate surface area is 83.6 Å². The summed E-state index contributed by atoms with van der Waals surface area (Å²) in [6.07, 6.45) is 0.991. The van der Waals surface area contributed by atoms with E-state index in [0.717, 1.165) is 23.7 Å². The third kappa shape index (κ3) is 1.76. The third-order valence-corrected chi connectivity index (χ3v) is 1.99. The first-order chi connectivity index (χ1) is 6.92. The molecule has 0 aromatic heterocycles. The number of para-hydroxylation sites is 1. The van der Waals surface area contributed by atoms with Crippen LogP contribution in [0.15, 0.2) is 18.2 Å². The van der Waals surface area contributed by atoms with E-state index in [1.165, 1.54) is 0 Å². The summed E-state index contributed by atoms with van der Waals surface area (Å²) >= 11 is 0. The van der Waals surface area contributed by atoms with Crippen LogP contribution in [0.3, 0.4) is 0 Å². The van der Waals surface area contributed by atoms with Crippen LogP contribution in [-0.4, -0.2) is 19.8 Å². The van der Waals surface area contributed by atoms with E-state index >= 15 is 0 Å². The van der Waals surface area contributed by atoms with Gasteiger partial charge in [-0.2, -0.15) is 0 Å². The van der Waals surface area contributed by atoms with E-state index in [1.807, 2.05) is 18.2 Å². The van der Waals surface area contributed by atoms with Crippen LogP contribution in [-0.2, 0) is 0 Å². The molecule has 0 saturated carbocycles. The maximum Gasteiger partial charge on any atom is 0.203 e. The first-order valence-corrected chi connectivity index (χ1v) is 4.93. The van der Waals surface area contributed by atoms with Crippen LogP contribution in [0.25, 0.3) is 0 Å². The second-order valence-corrected chi connectivity index (χ2v) is 3.13. The maximum atomic E-state index is 5.55. The van der Waals surface area contributed by atoms with Crippen LogP contribution < -0.4 is 14.2 Å². The highest BCUT2D eigenvalue weighted by Crippen LogP contribution is 2.38. The van der Waals surface area contributed by atoms with Crippen LogP contribution in [0, 0.1) is 0 Å². The van der Waals surface area contributed by atoms with Gasteiger partial charge >= 0.3 is 0 Å². The molecule has 0 saturated heterocycles. The summed E-state index contributed by atoms with van der Waals surface area (Å²) < 4.78 is 16.5. The topological polar surface area (TPSA) is 27.7 Å². The second-order valence-electron chi connectivity index (χ2n) is 3.13. The summed E-state index contributed by atoms with van der Waals surface area (Å²) in [7, 11) is 0. The lowest BCUT2D eigenvalue weighted by Crippen LogP contribution is -2.16. The van der Waals surface area contributed by atoms with E-state index in [4.69, 9.17) is 14.2 Å². The molecule has 1 aromatic carbocycles. The van der Waals surface area contributed by atoms with Gasteiger partial charge < -0.3 is 14.2 Å². The fourth-order valence-corrected chi connectivity index (χ4v) is 1.37. The molecule has 1 aliphatic rings. The standard InChI is InChI=1S/C11H14O3/c1-2-6-12-9-4-3-5-10-11(9)14-8-7-13-10/h3-5H,2,6-8H2,1H3. The number of hydrogen-bond donors (Lipinski definition) is 0. The Morgan fingerprint density at radius 1 is 1.29 bits per heavy atom. The minimum atomic E-state index is 0.597. The van der Waals surface area contributed by atoms with Crippen LogP contribution in [0.2, 0.25) is 0 Å². The van der Waals surface area contributed by atoms with Gasteiger partial charge in [0, 0.05) is 0 Å². The van der Waals surface area contributed by atoms with Crippen molar-refractivity contribution in [3.8, 4) is 17.2 Å².